The molecule has 1 heterocycles. The van der Waals surface area contributed by atoms with Crippen molar-refractivity contribution in [3.63, 3.8) is 0 Å². The van der Waals surface area contributed by atoms with Crippen molar-refractivity contribution in [2.24, 2.45) is 0 Å². The second-order valence-corrected chi connectivity index (χ2v) is 4.51. The van der Waals surface area contributed by atoms with Gasteiger partial charge in [0.15, 0.2) is 0 Å². The predicted octanol–water partition coefficient (Wildman–Crippen LogP) is 2.50. The molecule has 1 aromatic carbocycles. The Hall–Kier alpha value is -1.91. The summed E-state index contributed by atoms with van der Waals surface area (Å²) in [6.07, 6.45) is 0.938. The van der Waals surface area contributed by atoms with Crippen molar-refractivity contribution in [1.82, 2.24) is 4.98 Å². The molecule has 4 nitrogen and oxygen atoms in total. The first-order valence-electron chi connectivity index (χ1n) is 6.53. The SMILES string of the molecule is COCCOc1ccccc1C(O)c1ccc(C)nc1. The van der Waals surface area contributed by atoms with E-state index in [1.807, 2.05) is 43.3 Å². The first kappa shape index (κ1) is 14.5. The van der Waals surface area contributed by atoms with Crippen molar-refractivity contribution < 1.29 is 14.6 Å². The molecule has 4 heteroatoms. The van der Waals surface area contributed by atoms with Crippen LogP contribution in [-0.4, -0.2) is 30.4 Å². The molecule has 2 aromatic rings. The molecule has 0 saturated heterocycles. The zero-order chi connectivity index (χ0) is 14.4. The number of para-hydroxylation sites is 1. The van der Waals surface area contributed by atoms with Gasteiger partial charge in [0.05, 0.1) is 6.61 Å². The fraction of sp³-hybridized carbons (Fsp3) is 0.312. The van der Waals surface area contributed by atoms with Gasteiger partial charge in [-0.05, 0) is 19.1 Å². The topological polar surface area (TPSA) is 51.6 Å². The monoisotopic (exact) mass is 273 g/mol. The van der Waals surface area contributed by atoms with Gasteiger partial charge in [0.25, 0.3) is 0 Å². The maximum Gasteiger partial charge on any atom is 0.125 e. The summed E-state index contributed by atoms with van der Waals surface area (Å²) in [5, 5.41) is 10.5. The molecular weight excluding hydrogens is 254 g/mol. The largest absolute Gasteiger partial charge is 0.491 e. The number of aliphatic hydroxyl groups is 1. The number of ether oxygens (including phenoxy) is 2. The molecule has 0 spiro atoms. The van der Waals surface area contributed by atoms with Gasteiger partial charge in [-0.25, -0.2) is 0 Å². The van der Waals surface area contributed by atoms with E-state index in [9.17, 15) is 5.11 Å². The predicted molar refractivity (Wildman–Crippen MR) is 76.8 cm³/mol. The molecule has 0 amide bonds. The number of aryl methyl sites for hydroxylation is 1. The third-order valence-corrected chi connectivity index (χ3v) is 3.01. The summed E-state index contributed by atoms with van der Waals surface area (Å²) in [6.45, 7) is 2.88. The minimum atomic E-state index is -0.748. The number of aliphatic hydroxyl groups excluding tert-OH is 1. The van der Waals surface area contributed by atoms with Crippen molar-refractivity contribution in [3.8, 4) is 5.75 Å². The maximum absolute atomic E-state index is 10.5. The van der Waals surface area contributed by atoms with Crippen LogP contribution in [0, 0.1) is 6.92 Å². The first-order valence-corrected chi connectivity index (χ1v) is 6.53. The number of nitrogens with zero attached hydrogens (tertiary/aromatic N) is 1. The third kappa shape index (κ3) is 3.56. The highest BCUT2D eigenvalue weighted by molar-refractivity contribution is 5.39. The van der Waals surface area contributed by atoms with E-state index >= 15 is 0 Å². The zero-order valence-corrected chi connectivity index (χ0v) is 11.7. The summed E-state index contributed by atoms with van der Waals surface area (Å²) in [4.78, 5) is 4.21. The Balaban J connectivity index is 2.20. The van der Waals surface area contributed by atoms with Gasteiger partial charge < -0.3 is 14.6 Å². The Morgan fingerprint density at radius 3 is 2.65 bits per heavy atom. The number of hydrogen-bond acceptors (Lipinski definition) is 4. The second-order valence-electron chi connectivity index (χ2n) is 4.51. The Labute approximate surface area is 119 Å². The summed E-state index contributed by atoms with van der Waals surface area (Å²) in [5.41, 5.74) is 2.40. The summed E-state index contributed by atoms with van der Waals surface area (Å²) in [6, 6.07) is 11.2. The number of methoxy groups -OCH3 is 1. The Morgan fingerprint density at radius 2 is 1.95 bits per heavy atom. The van der Waals surface area contributed by atoms with Gasteiger partial charge in [-0.3, -0.25) is 4.98 Å². The fourth-order valence-corrected chi connectivity index (χ4v) is 1.89. The molecule has 2 rings (SSSR count). The van der Waals surface area contributed by atoms with Crippen LogP contribution in [0.3, 0.4) is 0 Å². The Kier molecular flexibility index (Phi) is 5.09. The van der Waals surface area contributed by atoms with Gasteiger partial charge in [-0.15, -0.1) is 0 Å². The molecule has 0 saturated carbocycles. The molecule has 0 aliphatic heterocycles. The molecular formula is C16H19NO3. The molecule has 0 aliphatic carbocycles. The summed E-state index contributed by atoms with van der Waals surface area (Å²) >= 11 is 0. The van der Waals surface area contributed by atoms with Crippen molar-refractivity contribution in [3.05, 3.63) is 59.4 Å². The minimum absolute atomic E-state index is 0.451. The van der Waals surface area contributed by atoms with Gasteiger partial charge in [-0.1, -0.05) is 24.3 Å². The lowest BCUT2D eigenvalue weighted by Gasteiger charge is -2.16. The van der Waals surface area contributed by atoms with E-state index in [-0.39, 0.29) is 0 Å². The lowest BCUT2D eigenvalue weighted by atomic mass is 10.0. The van der Waals surface area contributed by atoms with E-state index in [0.717, 1.165) is 16.8 Å². The number of pyridine rings is 1. The Morgan fingerprint density at radius 1 is 1.15 bits per heavy atom. The van der Waals surface area contributed by atoms with Crippen LogP contribution in [0.2, 0.25) is 0 Å². The molecule has 1 unspecified atom stereocenters. The number of benzene rings is 1. The lowest BCUT2D eigenvalue weighted by molar-refractivity contribution is 0.142. The van der Waals surface area contributed by atoms with Crippen LogP contribution in [0.5, 0.6) is 5.75 Å². The standard InChI is InChI=1S/C16H19NO3/c1-12-7-8-13(11-17-12)16(18)14-5-3-4-6-15(14)20-10-9-19-2/h3-8,11,16,18H,9-10H2,1-2H3. The average Bonchev–Trinajstić information content (AvgIpc) is 2.48. The number of hydrogen-bond donors (Lipinski definition) is 1. The average molecular weight is 273 g/mol. The van der Waals surface area contributed by atoms with Gasteiger partial charge in [0, 0.05) is 30.1 Å². The highest BCUT2D eigenvalue weighted by Gasteiger charge is 2.15. The van der Waals surface area contributed by atoms with E-state index < -0.39 is 6.10 Å². The van der Waals surface area contributed by atoms with Crippen LogP contribution in [0.4, 0.5) is 0 Å². The van der Waals surface area contributed by atoms with E-state index in [2.05, 4.69) is 4.98 Å². The highest BCUT2D eigenvalue weighted by atomic mass is 16.5. The van der Waals surface area contributed by atoms with Gasteiger partial charge in [0.2, 0.25) is 0 Å². The molecule has 0 fully saturated rings. The van der Waals surface area contributed by atoms with Crippen molar-refractivity contribution in [1.29, 1.82) is 0 Å². The van der Waals surface area contributed by atoms with E-state index in [0.29, 0.717) is 19.0 Å². The van der Waals surface area contributed by atoms with Crippen LogP contribution in [0.1, 0.15) is 22.9 Å². The number of rotatable bonds is 6. The van der Waals surface area contributed by atoms with Gasteiger partial charge in [-0.2, -0.15) is 0 Å². The van der Waals surface area contributed by atoms with E-state index in [1.165, 1.54) is 0 Å². The van der Waals surface area contributed by atoms with Crippen LogP contribution < -0.4 is 4.74 Å². The van der Waals surface area contributed by atoms with Crippen molar-refractivity contribution in [2.45, 2.75) is 13.0 Å². The molecule has 20 heavy (non-hydrogen) atoms. The molecule has 0 radical (unpaired) electrons. The molecule has 1 aromatic heterocycles. The highest BCUT2D eigenvalue weighted by Crippen LogP contribution is 2.29. The first-order chi connectivity index (χ1) is 9.72. The molecule has 1 atom stereocenters. The quantitative estimate of drug-likeness (QED) is 0.822. The maximum atomic E-state index is 10.5. The van der Waals surface area contributed by atoms with Gasteiger partial charge in [0.1, 0.15) is 18.5 Å². The second kappa shape index (κ2) is 7.03. The third-order valence-electron chi connectivity index (χ3n) is 3.01. The molecule has 0 aliphatic rings. The lowest BCUT2D eigenvalue weighted by Crippen LogP contribution is -2.08. The Bertz CT molecular complexity index is 540. The molecule has 0 bridgehead atoms. The van der Waals surface area contributed by atoms with Crippen LogP contribution in [-0.2, 0) is 4.74 Å². The zero-order valence-electron chi connectivity index (χ0n) is 11.7. The summed E-state index contributed by atoms with van der Waals surface area (Å²) in [7, 11) is 1.63. The van der Waals surface area contributed by atoms with E-state index in [1.54, 1.807) is 13.3 Å². The minimum Gasteiger partial charge on any atom is -0.491 e. The summed E-state index contributed by atoms with van der Waals surface area (Å²) < 4.78 is 10.6. The van der Waals surface area contributed by atoms with Crippen molar-refractivity contribution in [2.75, 3.05) is 20.3 Å². The van der Waals surface area contributed by atoms with Crippen molar-refractivity contribution >= 4 is 0 Å². The van der Waals surface area contributed by atoms with Gasteiger partial charge >= 0.3 is 0 Å². The van der Waals surface area contributed by atoms with E-state index in [4.69, 9.17) is 9.47 Å². The molecule has 106 valence electrons. The number of aromatic nitrogens is 1. The molecule has 1 N–H and O–H groups in total. The smallest absolute Gasteiger partial charge is 0.125 e. The summed E-state index contributed by atoms with van der Waals surface area (Å²) in [5.74, 6) is 0.664. The van der Waals surface area contributed by atoms with Crippen LogP contribution >= 0.6 is 0 Å². The normalized spacial score (nSPS) is 12.2. The fourth-order valence-electron chi connectivity index (χ4n) is 1.89. The van der Waals surface area contributed by atoms with Crippen LogP contribution in [0.25, 0.3) is 0 Å². The van der Waals surface area contributed by atoms with Crippen LogP contribution in [0.15, 0.2) is 42.6 Å².